The minimum atomic E-state index is -0.332. The summed E-state index contributed by atoms with van der Waals surface area (Å²) in [5, 5.41) is 2.83. The molecule has 0 bridgehead atoms. The molecule has 25 heavy (non-hydrogen) atoms. The monoisotopic (exact) mass is 340 g/mol. The van der Waals surface area contributed by atoms with Gasteiger partial charge in [-0.05, 0) is 47.5 Å². The van der Waals surface area contributed by atoms with Crippen LogP contribution >= 0.6 is 0 Å². The molecule has 128 valence electrons. The Bertz CT molecular complexity index is 829. The van der Waals surface area contributed by atoms with Crippen LogP contribution in [0, 0.1) is 11.6 Å². The maximum absolute atomic E-state index is 13.6. The Hall–Kier alpha value is -2.95. The topological polar surface area (TPSA) is 34.0 Å². The summed E-state index contributed by atoms with van der Waals surface area (Å²) in [6, 6.07) is 15.7. The van der Waals surface area contributed by atoms with Gasteiger partial charge in [-0.2, -0.15) is 0 Å². The molecule has 1 N–H and O–H groups in total. The summed E-state index contributed by atoms with van der Waals surface area (Å²) in [5.41, 5.74) is 1.55. The van der Waals surface area contributed by atoms with Crippen molar-refractivity contribution in [2.45, 2.75) is 19.0 Å². The SMILES string of the molecule is O=C(C[C@@H](c1cccc(F)c1)n1cccc1)NCc1ccc(F)cc1. The van der Waals surface area contributed by atoms with E-state index in [9.17, 15) is 13.6 Å². The Morgan fingerprint density at radius 1 is 0.960 bits per heavy atom. The van der Waals surface area contributed by atoms with Crippen LogP contribution in [0.2, 0.25) is 0 Å². The quantitative estimate of drug-likeness (QED) is 0.721. The highest BCUT2D eigenvalue weighted by atomic mass is 19.1. The lowest BCUT2D eigenvalue weighted by atomic mass is 10.0. The lowest BCUT2D eigenvalue weighted by molar-refractivity contribution is -0.121. The minimum Gasteiger partial charge on any atom is -0.352 e. The molecular weight excluding hydrogens is 322 g/mol. The minimum absolute atomic E-state index is 0.160. The second-order valence-electron chi connectivity index (χ2n) is 5.81. The van der Waals surface area contributed by atoms with Gasteiger partial charge in [-0.3, -0.25) is 4.79 Å². The Morgan fingerprint density at radius 2 is 1.68 bits per heavy atom. The van der Waals surface area contributed by atoms with Gasteiger partial charge in [0.2, 0.25) is 5.91 Å². The molecule has 3 aromatic rings. The Labute approximate surface area is 144 Å². The van der Waals surface area contributed by atoms with Crippen molar-refractivity contribution < 1.29 is 13.6 Å². The second kappa shape index (κ2) is 7.75. The fraction of sp³-hybridized carbons (Fsp3) is 0.150. The summed E-state index contributed by atoms with van der Waals surface area (Å²) >= 11 is 0. The van der Waals surface area contributed by atoms with Crippen molar-refractivity contribution in [3.8, 4) is 0 Å². The van der Waals surface area contributed by atoms with E-state index in [0.29, 0.717) is 6.54 Å². The summed E-state index contributed by atoms with van der Waals surface area (Å²) in [4.78, 5) is 12.4. The van der Waals surface area contributed by atoms with Gasteiger partial charge in [0.05, 0.1) is 12.5 Å². The van der Waals surface area contributed by atoms with Gasteiger partial charge in [0.1, 0.15) is 11.6 Å². The van der Waals surface area contributed by atoms with Crippen molar-refractivity contribution in [2.75, 3.05) is 0 Å². The molecule has 0 aliphatic rings. The van der Waals surface area contributed by atoms with Crippen LogP contribution in [0.3, 0.4) is 0 Å². The molecule has 2 aromatic carbocycles. The molecule has 1 amide bonds. The predicted octanol–water partition coefficient (Wildman–Crippen LogP) is 4.06. The van der Waals surface area contributed by atoms with E-state index in [1.807, 2.05) is 29.1 Å². The summed E-state index contributed by atoms with van der Waals surface area (Å²) in [6.45, 7) is 0.320. The lowest BCUT2D eigenvalue weighted by Crippen LogP contribution is -2.26. The van der Waals surface area contributed by atoms with Crippen LogP contribution in [0.25, 0.3) is 0 Å². The zero-order chi connectivity index (χ0) is 17.6. The molecule has 1 aromatic heterocycles. The number of hydrogen-bond acceptors (Lipinski definition) is 1. The maximum Gasteiger partial charge on any atom is 0.222 e. The van der Waals surface area contributed by atoms with Crippen molar-refractivity contribution in [1.82, 2.24) is 9.88 Å². The van der Waals surface area contributed by atoms with Gasteiger partial charge < -0.3 is 9.88 Å². The van der Waals surface area contributed by atoms with Gasteiger partial charge in [0.15, 0.2) is 0 Å². The van der Waals surface area contributed by atoms with E-state index in [-0.39, 0.29) is 30.0 Å². The molecule has 0 unspecified atom stereocenters. The third-order valence-electron chi connectivity index (χ3n) is 4.00. The van der Waals surface area contributed by atoms with Gasteiger partial charge in [0.25, 0.3) is 0 Å². The average Bonchev–Trinajstić information content (AvgIpc) is 3.13. The number of carbonyl (C=O) groups is 1. The highest BCUT2D eigenvalue weighted by molar-refractivity contribution is 5.76. The molecule has 3 rings (SSSR count). The molecule has 3 nitrogen and oxygen atoms in total. The van der Waals surface area contributed by atoms with E-state index in [0.717, 1.165) is 11.1 Å². The van der Waals surface area contributed by atoms with E-state index in [1.54, 1.807) is 24.3 Å². The standard InChI is InChI=1S/C20H18F2N2O/c21-17-8-6-15(7-9-17)14-23-20(25)13-19(24-10-1-2-11-24)16-4-3-5-18(22)12-16/h1-12,19H,13-14H2,(H,23,25)/t19-/m0/s1. The first-order chi connectivity index (χ1) is 12.1. The normalized spacial score (nSPS) is 11.9. The van der Waals surface area contributed by atoms with Crippen molar-refractivity contribution in [3.63, 3.8) is 0 Å². The van der Waals surface area contributed by atoms with Crippen molar-refractivity contribution in [1.29, 1.82) is 0 Å². The summed E-state index contributed by atoms with van der Waals surface area (Å²) in [5.74, 6) is -0.803. The summed E-state index contributed by atoms with van der Waals surface area (Å²) in [7, 11) is 0. The first-order valence-corrected chi connectivity index (χ1v) is 8.01. The van der Waals surface area contributed by atoms with Crippen LogP contribution in [0.1, 0.15) is 23.6 Å². The number of aromatic nitrogens is 1. The van der Waals surface area contributed by atoms with Crippen LogP contribution in [0.15, 0.2) is 73.1 Å². The second-order valence-corrected chi connectivity index (χ2v) is 5.81. The van der Waals surface area contributed by atoms with Gasteiger partial charge in [0, 0.05) is 18.9 Å². The molecule has 0 saturated heterocycles. The smallest absolute Gasteiger partial charge is 0.222 e. The predicted molar refractivity (Wildman–Crippen MR) is 91.8 cm³/mol. The molecule has 1 heterocycles. The van der Waals surface area contributed by atoms with E-state index in [4.69, 9.17) is 0 Å². The Morgan fingerprint density at radius 3 is 2.36 bits per heavy atom. The van der Waals surface area contributed by atoms with E-state index < -0.39 is 0 Å². The van der Waals surface area contributed by atoms with Gasteiger partial charge in [-0.1, -0.05) is 24.3 Å². The molecule has 0 saturated carbocycles. The Balaban J connectivity index is 1.69. The van der Waals surface area contributed by atoms with Crippen LogP contribution in [-0.2, 0) is 11.3 Å². The third kappa shape index (κ3) is 4.53. The lowest BCUT2D eigenvalue weighted by Gasteiger charge is -2.19. The molecule has 1 atom stereocenters. The van der Waals surface area contributed by atoms with Crippen molar-refractivity contribution in [2.24, 2.45) is 0 Å². The zero-order valence-electron chi connectivity index (χ0n) is 13.5. The van der Waals surface area contributed by atoms with Gasteiger partial charge >= 0.3 is 0 Å². The molecule has 5 heteroatoms. The van der Waals surface area contributed by atoms with Crippen LogP contribution in [0.5, 0.6) is 0 Å². The number of benzene rings is 2. The zero-order valence-corrected chi connectivity index (χ0v) is 13.5. The molecule has 0 aliphatic carbocycles. The van der Waals surface area contributed by atoms with Crippen molar-refractivity contribution >= 4 is 5.91 Å². The van der Waals surface area contributed by atoms with Crippen molar-refractivity contribution in [3.05, 3.63) is 95.8 Å². The third-order valence-corrected chi connectivity index (χ3v) is 4.00. The maximum atomic E-state index is 13.6. The molecule has 0 aliphatic heterocycles. The number of nitrogens with one attached hydrogen (secondary N) is 1. The number of rotatable bonds is 6. The number of amides is 1. The number of nitrogens with zero attached hydrogens (tertiary/aromatic N) is 1. The molecule has 0 radical (unpaired) electrons. The van der Waals surface area contributed by atoms with Gasteiger partial charge in [-0.15, -0.1) is 0 Å². The van der Waals surface area contributed by atoms with Crippen LogP contribution < -0.4 is 5.32 Å². The fourth-order valence-electron chi connectivity index (χ4n) is 2.72. The average molecular weight is 340 g/mol. The molecule has 0 spiro atoms. The number of carbonyl (C=O) groups excluding carboxylic acids is 1. The highest BCUT2D eigenvalue weighted by Crippen LogP contribution is 2.23. The molecule has 0 fully saturated rings. The number of halogens is 2. The van der Waals surface area contributed by atoms with E-state index >= 15 is 0 Å². The first kappa shape index (κ1) is 16.9. The molecular formula is C20H18F2N2O. The van der Waals surface area contributed by atoms with Crippen LogP contribution in [-0.4, -0.2) is 10.5 Å². The largest absolute Gasteiger partial charge is 0.352 e. The summed E-state index contributed by atoms with van der Waals surface area (Å²) in [6.07, 6.45) is 3.88. The Kier molecular flexibility index (Phi) is 5.23. The van der Waals surface area contributed by atoms with E-state index in [1.165, 1.54) is 24.3 Å². The highest BCUT2D eigenvalue weighted by Gasteiger charge is 2.17. The fourth-order valence-corrected chi connectivity index (χ4v) is 2.72. The summed E-state index contributed by atoms with van der Waals surface area (Å²) < 4.78 is 28.4. The number of hydrogen-bond donors (Lipinski definition) is 1. The first-order valence-electron chi connectivity index (χ1n) is 8.01. The van der Waals surface area contributed by atoms with E-state index in [2.05, 4.69) is 5.32 Å². The van der Waals surface area contributed by atoms with Gasteiger partial charge in [-0.25, -0.2) is 8.78 Å². The van der Waals surface area contributed by atoms with Crippen LogP contribution in [0.4, 0.5) is 8.78 Å².